The highest BCUT2D eigenvalue weighted by Gasteiger charge is 2.03. The summed E-state index contributed by atoms with van der Waals surface area (Å²) < 4.78 is 0. The molecule has 0 N–H and O–H groups in total. The molecule has 0 unspecified atom stereocenters. The van der Waals surface area contributed by atoms with E-state index in [1.807, 2.05) is 27.7 Å². The van der Waals surface area contributed by atoms with Gasteiger partial charge in [0.05, 0.1) is 0 Å². The first-order valence-electron chi connectivity index (χ1n) is 5.18. The zero-order valence-electron chi connectivity index (χ0n) is 9.28. The van der Waals surface area contributed by atoms with Crippen LogP contribution in [0.3, 0.4) is 0 Å². The zero-order chi connectivity index (χ0) is 9.98. The summed E-state index contributed by atoms with van der Waals surface area (Å²) in [7, 11) is 0. The van der Waals surface area contributed by atoms with Crippen LogP contribution >= 0.6 is 12.6 Å². The highest BCUT2D eigenvalue weighted by molar-refractivity contribution is 7.84. The Bertz CT molecular complexity index is 100. The molecule has 0 aromatic carbocycles. The van der Waals surface area contributed by atoms with Gasteiger partial charge in [-0.25, -0.2) is 0 Å². The highest BCUT2D eigenvalue weighted by Crippen LogP contribution is 2.25. The normalized spacial score (nSPS) is 15.5. The largest absolute Gasteiger partial charge is 0.148 e. The van der Waals surface area contributed by atoms with Crippen LogP contribution in [-0.2, 0) is 0 Å². The third kappa shape index (κ3) is 6.78. The van der Waals surface area contributed by atoms with Crippen molar-refractivity contribution in [1.29, 1.82) is 0 Å². The van der Waals surface area contributed by atoms with Gasteiger partial charge in [-0.2, -0.15) is 0 Å². The number of allylic oxidation sites excluding steroid dienone is 2. The van der Waals surface area contributed by atoms with Crippen molar-refractivity contribution in [1.82, 2.24) is 0 Å². The van der Waals surface area contributed by atoms with E-state index in [4.69, 9.17) is 0 Å². The van der Waals surface area contributed by atoms with Gasteiger partial charge in [0.2, 0.25) is 0 Å². The van der Waals surface area contributed by atoms with Crippen molar-refractivity contribution in [2.24, 2.45) is 0 Å². The maximum absolute atomic E-state index is 4.34. The lowest BCUT2D eigenvalue weighted by molar-refractivity contribution is 0.695. The molecule has 0 atom stereocenters. The van der Waals surface area contributed by atoms with Crippen LogP contribution in [0.4, 0.5) is 0 Å². The van der Waals surface area contributed by atoms with Crippen molar-refractivity contribution in [3.63, 3.8) is 0 Å². The molecule has 0 radical (unpaired) electrons. The van der Waals surface area contributed by atoms with Crippen LogP contribution in [0.25, 0.3) is 0 Å². The minimum atomic E-state index is 1.22. The van der Waals surface area contributed by atoms with Crippen LogP contribution in [0.2, 0.25) is 0 Å². The molecule has 74 valence electrons. The zero-order valence-corrected chi connectivity index (χ0v) is 10.2. The average Bonchev–Trinajstić information content (AvgIpc) is 2.17. The van der Waals surface area contributed by atoms with Crippen molar-refractivity contribution in [3.8, 4) is 0 Å². The Balaban J connectivity index is 0. The molecule has 0 amide bonds. The molecule has 1 heteroatoms. The average molecular weight is 188 g/mol. The summed E-state index contributed by atoms with van der Waals surface area (Å²) in [6.07, 6.45) is 5.21. The van der Waals surface area contributed by atoms with E-state index in [0.29, 0.717) is 0 Å². The van der Waals surface area contributed by atoms with E-state index in [1.54, 1.807) is 0 Å². The summed E-state index contributed by atoms with van der Waals surface area (Å²) in [6, 6.07) is 0. The number of hydrogen-bond acceptors (Lipinski definition) is 1. The lowest BCUT2D eigenvalue weighted by atomic mass is 10.0. The second-order valence-corrected chi connectivity index (χ2v) is 2.97. The van der Waals surface area contributed by atoms with Crippen molar-refractivity contribution in [2.75, 3.05) is 0 Å². The Hall–Kier alpha value is 0.0900. The van der Waals surface area contributed by atoms with Gasteiger partial charge < -0.3 is 0 Å². The Labute approximate surface area is 83.9 Å². The number of thiol groups is 1. The van der Waals surface area contributed by atoms with E-state index in [1.165, 1.54) is 36.2 Å². The molecule has 0 aliphatic heterocycles. The third-order valence-electron chi connectivity index (χ3n) is 1.71. The Morgan fingerprint density at radius 2 is 1.33 bits per heavy atom. The Morgan fingerprint density at radius 3 is 1.58 bits per heavy atom. The molecule has 1 aliphatic carbocycles. The molecule has 1 rings (SSSR count). The minimum absolute atomic E-state index is 1.22. The molecular weight excluding hydrogens is 164 g/mol. The number of rotatable bonds is 0. The first-order chi connectivity index (χ1) is 5.80. The highest BCUT2D eigenvalue weighted by atomic mass is 32.1. The van der Waals surface area contributed by atoms with Gasteiger partial charge in [-0.3, -0.25) is 0 Å². The van der Waals surface area contributed by atoms with E-state index in [2.05, 4.69) is 19.6 Å². The fourth-order valence-electron chi connectivity index (χ4n) is 1.04. The molecule has 0 saturated carbocycles. The summed E-state index contributed by atoms with van der Waals surface area (Å²) in [5, 5.41) is 0. The van der Waals surface area contributed by atoms with Gasteiger partial charge in [-0.15, -0.1) is 12.6 Å². The monoisotopic (exact) mass is 188 g/mol. The predicted molar refractivity (Wildman–Crippen MR) is 62.9 cm³/mol. The topological polar surface area (TPSA) is 0 Å². The Kier molecular flexibility index (Phi) is 13.5. The van der Waals surface area contributed by atoms with Gasteiger partial charge in [0.1, 0.15) is 0 Å². The van der Waals surface area contributed by atoms with Gasteiger partial charge >= 0.3 is 0 Å². The lowest BCUT2D eigenvalue weighted by Gasteiger charge is -2.11. The molecular formula is C11H24S. The molecule has 0 bridgehead atoms. The van der Waals surface area contributed by atoms with Crippen LogP contribution < -0.4 is 0 Å². The van der Waals surface area contributed by atoms with Gasteiger partial charge in [-0.1, -0.05) is 33.3 Å². The molecule has 12 heavy (non-hydrogen) atoms. The van der Waals surface area contributed by atoms with E-state index >= 15 is 0 Å². The number of hydrogen-bond donors (Lipinski definition) is 1. The molecule has 0 aromatic heterocycles. The van der Waals surface area contributed by atoms with Crippen LogP contribution in [0, 0.1) is 0 Å². The maximum atomic E-state index is 4.34. The van der Waals surface area contributed by atoms with E-state index in [0.717, 1.165) is 0 Å². The molecule has 0 aromatic rings. The van der Waals surface area contributed by atoms with Crippen molar-refractivity contribution < 1.29 is 0 Å². The van der Waals surface area contributed by atoms with E-state index < -0.39 is 0 Å². The van der Waals surface area contributed by atoms with Crippen molar-refractivity contribution in [2.45, 2.75) is 60.3 Å². The fourth-order valence-corrected chi connectivity index (χ4v) is 1.31. The smallest absolute Gasteiger partial charge is 0.0195 e. The first kappa shape index (κ1) is 14.6. The van der Waals surface area contributed by atoms with Gasteiger partial charge in [-0.05, 0) is 37.5 Å². The fraction of sp³-hybridized carbons (Fsp3) is 0.818. The van der Waals surface area contributed by atoms with Gasteiger partial charge in [0.15, 0.2) is 0 Å². The van der Waals surface area contributed by atoms with E-state index in [-0.39, 0.29) is 0 Å². The Morgan fingerprint density at radius 1 is 0.917 bits per heavy atom. The molecule has 0 spiro atoms. The second kappa shape index (κ2) is 11.1. The van der Waals surface area contributed by atoms with Crippen LogP contribution in [-0.4, -0.2) is 0 Å². The minimum Gasteiger partial charge on any atom is -0.148 e. The van der Waals surface area contributed by atoms with Crippen LogP contribution in [0.15, 0.2) is 10.5 Å². The van der Waals surface area contributed by atoms with E-state index in [9.17, 15) is 0 Å². The molecule has 0 heterocycles. The summed E-state index contributed by atoms with van der Waals surface area (Å²) in [5.41, 5.74) is 1.50. The SMILES string of the molecule is CC.CC.CC1=C(S)CCCC1. The molecule has 0 fully saturated rings. The van der Waals surface area contributed by atoms with Gasteiger partial charge in [0.25, 0.3) is 0 Å². The molecule has 0 nitrogen and oxygen atoms in total. The predicted octanol–water partition coefficient (Wildman–Crippen LogP) is 4.82. The summed E-state index contributed by atoms with van der Waals surface area (Å²) in [4.78, 5) is 1.33. The summed E-state index contributed by atoms with van der Waals surface area (Å²) in [5.74, 6) is 0. The quantitative estimate of drug-likeness (QED) is 0.518. The summed E-state index contributed by atoms with van der Waals surface area (Å²) >= 11 is 4.34. The maximum Gasteiger partial charge on any atom is -0.0195 e. The molecule has 0 saturated heterocycles. The lowest BCUT2D eigenvalue weighted by Crippen LogP contribution is -1.90. The standard InChI is InChI=1S/C7H12S.2C2H6/c1-6-4-2-3-5-7(6)8;2*1-2/h8H,2-5H2,1H3;2*1-2H3. The molecule has 1 aliphatic rings. The van der Waals surface area contributed by atoms with Crippen molar-refractivity contribution >= 4 is 12.6 Å². The van der Waals surface area contributed by atoms with Gasteiger partial charge in [0, 0.05) is 0 Å². The first-order valence-corrected chi connectivity index (χ1v) is 5.63. The summed E-state index contributed by atoms with van der Waals surface area (Å²) in [6.45, 7) is 10.2. The van der Waals surface area contributed by atoms with Crippen LogP contribution in [0.5, 0.6) is 0 Å². The second-order valence-electron chi connectivity index (χ2n) is 2.43. The van der Waals surface area contributed by atoms with Crippen LogP contribution in [0.1, 0.15) is 60.3 Å². The third-order valence-corrected chi connectivity index (χ3v) is 2.31. The van der Waals surface area contributed by atoms with Crippen molar-refractivity contribution in [3.05, 3.63) is 10.5 Å².